The average Bonchev–Trinajstić information content (AvgIpc) is 2.43. The van der Waals surface area contributed by atoms with Gasteiger partial charge in [-0.25, -0.2) is 0 Å². The number of rotatable bonds is 4. The van der Waals surface area contributed by atoms with E-state index in [2.05, 4.69) is 16.6 Å². The number of carbonyl (C=O) groups excluding carboxylic acids is 3. The SMILES string of the molecule is COC(=O)C(CC#Cc1ccc(C(C)=O)cc1)C(C)=O. The fraction of sp³-hybridized carbons (Fsp3) is 0.312. The van der Waals surface area contributed by atoms with E-state index in [9.17, 15) is 14.4 Å². The lowest BCUT2D eigenvalue weighted by molar-refractivity contribution is -0.148. The first-order valence-electron chi connectivity index (χ1n) is 6.14. The molecule has 0 bridgehead atoms. The first kappa shape index (κ1) is 15.6. The Bertz CT molecular complexity index is 573. The molecule has 0 fully saturated rings. The highest BCUT2D eigenvalue weighted by Gasteiger charge is 2.22. The van der Waals surface area contributed by atoms with Crippen LogP contribution in [0.2, 0.25) is 0 Å². The van der Waals surface area contributed by atoms with Crippen LogP contribution in [0.1, 0.15) is 36.2 Å². The molecule has 104 valence electrons. The lowest BCUT2D eigenvalue weighted by atomic mass is 10.0. The summed E-state index contributed by atoms with van der Waals surface area (Å²) in [6.45, 7) is 2.83. The normalized spacial score (nSPS) is 10.9. The minimum atomic E-state index is -0.844. The number of Topliss-reactive ketones (excluding diaryl/α,β-unsaturated/α-hetero) is 2. The van der Waals surface area contributed by atoms with Crippen molar-refractivity contribution < 1.29 is 19.1 Å². The standard InChI is InChI=1S/C16H16O4/c1-11(17)14-9-7-13(8-10-14)5-4-6-15(12(2)18)16(19)20-3/h7-10,15H,6H2,1-3H3. The van der Waals surface area contributed by atoms with Crippen molar-refractivity contribution in [2.75, 3.05) is 7.11 Å². The summed E-state index contributed by atoms with van der Waals surface area (Å²) in [5.41, 5.74) is 1.34. The molecule has 0 aliphatic rings. The molecule has 1 atom stereocenters. The highest BCUT2D eigenvalue weighted by molar-refractivity contribution is 5.98. The molecule has 4 heteroatoms. The van der Waals surface area contributed by atoms with Gasteiger partial charge in [0, 0.05) is 17.5 Å². The predicted octanol–water partition coefficient (Wildman–Crippen LogP) is 2.01. The van der Waals surface area contributed by atoms with Gasteiger partial charge in [-0.05, 0) is 26.0 Å². The second-order valence-electron chi connectivity index (χ2n) is 4.33. The zero-order valence-corrected chi connectivity index (χ0v) is 11.7. The largest absolute Gasteiger partial charge is 0.468 e. The predicted molar refractivity (Wildman–Crippen MR) is 74.1 cm³/mol. The van der Waals surface area contributed by atoms with E-state index >= 15 is 0 Å². The van der Waals surface area contributed by atoms with Crippen LogP contribution in [0.5, 0.6) is 0 Å². The zero-order valence-electron chi connectivity index (χ0n) is 11.7. The molecule has 1 aromatic carbocycles. The quantitative estimate of drug-likeness (QED) is 0.364. The second kappa shape index (κ2) is 7.25. The van der Waals surface area contributed by atoms with Gasteiger partial charge in [-0.2, -0.15) is 0 Å². The van der Waals surface area contributed by atoms with Gasteiger partial charge in [0.15, 0.2) is 5.78 Å². The third-order valence-electron chi connectivity index (χ3n) is 2.81. The summed E-state index contributed by atoms with van der Waals surface area (Å²) in [6.07, 6.45) is 0.121. The molecule has 0 aromatic heterocycles. The van der Waals surface area contributed by atoms with Crippen molar-refractivity contribution in [2.45, 2.75) is 20.3 Å². The van der Waals surface area contributed by atoms with E-state index in [-0.39, 0.29) is 18.0 Å². The minimum absolute atomic E-state index is 0.00755. The Morgan fingerprint density at radius 1 is 1.15 bits per heavy atom. The van der Waals surface area contributed by atoms with Gasteiger partial charge in [-0.15, -0.1) is 0 Å². The third kappa shape index (κ3) is 4.36. The summed E-state index contributed by atoms with van der Waals surface area (Å²) in [4.78, 5) is 33.8. The number of hydrogen-bond acceptors (Lipinski definition) is 4. The van der Waals surface area contributed by atoms with E-state index in [1.165, 1.54) is 21.0 Å². The van der Waals surface area contributed by atoms with Crippen LogP contribution < -0.4 is 0 Å². The Balaban J connectivity index is 2.76. The average molecular weight is 272 g/mol. The Morgan fingerprint density at radius 3 is 2.20 bits per heavy atom. The lowest BCUT2D eigenvalue weighted by Crippen LogP contribution is -2.22. The van der Waals surface area contributed by atoms with Gasteiger partial charge in [0.25, 0.3) is 0 Å². The van der Waals surface area contributed by atoms with E-state index < -0.39 is 11.9 Å². The van der Waals surface area contributed by atoms with Crippen LogP contribution in [0.3, 0.4) is 0 Å². The number of esters is 1. The van der Waals surface area contributed by atoms with Crippen LogP contribution in [0, 0.1) is 17.8 Å². The maximum atomic E-state index is 11.4. The van der Waals surface area contributed by atoms with Gasteiger partial charge in [0.1, 0.15) is 11.7 Å². The van der Waals surface area contributed by atoms with Gasteiger partial charge >= 0.3 is 5.97 Å². The number of methoxy groups -OCH3 is 1. The van der Waals surface area contributed by atoms with Crippen molar-refractivity contribution in [3.63, 3.8) is 0 Å². The molecule has 1 aromatic rings. The number of benzene rings is 1. The molecule has 0 saturated heterocycles. The molecule has 0 heterocycles. The van der Waals surface area contributed by atoms with Crippen LogP contribution in [-0.2, 0) is 14.3 Å². The van der Waals surface area contributed by atoms with E-state index in [0.29, 0.717) is 5.56 Å². The number of carbonyl (C=O) groups is 3. The molecule has 0 spiro atoms. The fourth-order valence-corrected chi connectivity index (χ4v) is 1.58. The summed E-state index contributed by atoms with van der Waals surface area (Å²) in [5, 5.41) is 0. The van der Waals surface area contributed by atoms with E-state index in [0.717, 1.165) is 5.56 Å². The zero-order chi connectivity index (χ0) is 15.1. The summed E-state index contributed by atoms with van der Waals surface area (Å²) in [5.74, 6) is 3.96. The highest BCUT2D eigenvalue weighted by atomic mass is 16.5. The van der Waals surface area contributed by atoms with Crippen molar-refractivity contribution in [1.82, 2.24) is 0 Å². The van der Waals surface area contributed by atoms with Crippen LogP contribution in [0.15, 0.2) is 24.3 Å². The first-order chi connectivity index (χ1) is 9.45. The molecule has 1 rings (SSSR count). The van der Waals surface area contributed by atoms with Gasteiger partial charge < -0.3 is 4.74 Å². The van der Waals surface area contributed by atoms with E-state index in [4.69, 9.17) is 0 Å². The molecule has 0 aliphatic heterocycles. The van der Waals surface area contributed by atoms with Crippen LogP contribution in [0.4, 0.5) is 0 Å². The van der Waals surface area contributed by atoms with Gasteiger partial charge in [-0.1, -0.05) is 24.0 Å². The van der Waals surface area contributed by atoms with Gasteiger partial charge in [0.05, 0.1) is 7.11 Å². The smallest absolute Gasteiger partial charge is 0.317 e. The minimum Gasteiger partial charge on any atom is -0.468 e. The Labute approximate surface area is 118 Å². The molecule has 0 amide bonds. The fourth-order valence-electron chi connectivity index (χ4n) is 1.58. The summed E-state index contributed by atoms with van der Waals surface area (Å²) < 4.78 is 4.55. The third-order valence-corrected chi connectivity index (χ3v) is 2.81. The topological polar surface area (TPSA) is 60.4 Å². The maximum absolute atomic E-state index is 11.4. The number of ether oxygens (including phenoxy) is 1. The Kier molecular flexibility index (Phi) is 5.67. The van der Waals surface area contributed by atoms with Crippen molar-refractivity contribution in [3.05, 3.63) is 35.4 Å². The molecule has 0 radical (unpaired) electrons. The molecule has 0 aliphatic carbocycles. The van der Waals surface area contributed by atoms with Crippen molar-refractivity contribution >= 4 is 17.5 Å². The molecular weight excluding hydrogens is 256 g/mol. The van der Waals surface area contributed by atoms with Crippen molar-refractivity contribution in [1.29, 1.82) is 0 Å². The molecule has 20 heavy (non-hydrogen) atoms. The van der Waals surface area contributed by atoms with Crippen LogP contribution in [0.25, 0.3) is 0 Å². The monoisotopic (exact) mass is 272 g/mol. The van der Waals surface area contributed by atoms with Crippen molar-refractivity contribution in [3.8, 4) is 11.8 Å². The van der Waals surface area contributed by atoms with Crippen LogP contribution >= 0.6 is 0 Å². The first-order valence-corrected chi connectivity index (χ1v) is 6.14. The van der Waals surface area contributed by atoms with Gasteiger partial charge in [-0.3, -0.25) is 14.4 Å². The van der Waals surface area contributed by atoms with Crippen molar-refractivity contribution in [2.24, 2.45) is 5.92 Å². The highest BCUT2D eigenvalue weighted by Crippen LogP contribution is 2.07. The number of hydrogen-bond donors (Lipinski definition) is 0. The molecule has 1 unspecified atom stereocenters. The molecule has 4 nitrogen and oxygen atoms in total. The number of ketones is 2. The Hall–Kier alpha value is -2.41. The second-order valence-corrected chi connectivity index (χ2v) is 4.33. The maximum Gasteiger partial charge on any atom is 0.317 e. The van der Waals surface area contributed by atoms with Crippen LogP contribution in [-0.4, -0.2) is 24.6 Å². The van der Waals surface area contributed by atoms with E-state index in [1.54, 1.807) is 24.3 Å². The Morgan fingerprint density at radius 2 is 1.75 bits per heavy atom. The lowest BCUT2D eigenvalue weighted by Gasteiger charge is -2.06. The summed E-state index contributed by atoms with van der Waals surface area (Å²) in [6, 6.07) is 6.83. The summed E-state index contributed by atoms with van der Waals surface area (Å²) in [7, 11) is 1.24. The van der Waals surface area contributed by atoms with E-state index in [1.807, 2.05) is 0 Å². The molecular formula is C16H16O4. The molecule has 0 N–H and O–H groups in total. The van der Waals surface area contributed by atoms with Gasteiger partial charge in [0.2, 0.25) is 0 Å². The summed E-state index contributed by atoms with van der Waals surface area (Å²) >= 11 is 0. The molecule has 0 saturated carbocycles.